The Hall–Kier alpha value is -3.69. The molecule has 2 aliphatic rings. The Morgan fingerprint density at radius 1 is 1.05 bits per heavy atom. The van der Waals surface area contributed by atoms with Crippen LogP contribution in [0.4, 0.5) is 17.2 Å². The maximum atomic E-state index is 12.5. The first-order chi connectivity index (χ1) is 18.8. The van der Waals surface area contributed by atoms with Crippen LogP contribution < -0.4 is 20.9 Å². The van der Waals surface area contributed by atoms with Crippen molar-refractivity contribution in [1.82, 2.24) is 14.9 Å². The predicted octanol–water partition coefficient (Wildman–Crippen LogP) is 3.15. The number of piperazine rings is 1. The highest BCUT2D eigenvalue weighted by Gasteiger charge is 2.35. The molecule has 0 aliphatic carbocycles. The van der Waals surface area contributed by atoms with Crippen molar-refractivity contribution in [2.24, 2.45) is 5.73 Å². The summed E-state index contributed by atoms with van der Waals surface area (Å²) in [6.07, 6.45) is 6.40. The third-order valence-corrected chi connectivity index (χ3v) is 8.18. The van der Waals surface area contributed by atoms with Crippen molar-refractivity contribution in [1.29, 1.82) is 0 Å². The maximum absolute atomic E-state index is 12.5. The number of aliphatic hydroxyl groups is 1. The highest BCUT2D eigenvalue weighted by molar-refractivity contribution is 5.84. The SMILES string of the molecule is Cc1cc(C)c(C(O)N2CCN(c3ccccc3)[C@@H](C(N)=O)C2)c(C)c1NC1CCN(c2cnccn2)CC1. The Kier molecular flexibility index (Phi) is 7.99. The molecule has 0 spiro atoms. The molecule has 3 heterocycles. The Morgan fingerprint density at radius 2 is 1.79 bits per heavy atom. The molecule has 2 aliphatic heterocycles. The van der Waals surface area contributed by atoms with Gasteiger partial charge in [-0.1, -0.05) is 24.3 Å². The number of aliphatic hydroxyl groups excluding tert-OH is 1. The van der Waals surface area contributed by atoms with Crippen LogP contribution in [-0.2, 0) is 4.79 Å². The van der Waals surface area contributed by atoms with Crippen molar-refractivity contribution in [3.05, 3.63) is 77.2 Å². The highest BCUT2D eigenvalue weighted by atomic mass is 16.3. The summed E-state index contributed by atoms with van der Waals surface area (Å²) >= 11 is 0. The van der Waals surface area contributed by atoms with E-state index in [-0.39, 0.29) is 5.91 Å². The fourth-order valence-electron chi connectivity index (χ4n) is 6.11. The number of aryl methyl sites for hydroxylation is 2. The Balaban J connectivity index is 1.31. The van der Waals surface area contributed by atoms with Gasteiger partial charge in [0.25, 0.3) is 0 Å². The van der Waals surface area contributed by atoms with Crippen LogP contribution in [0.2, 0.25) is 0 Å². The molecule has 3 aromatic rings. The summed E-state index contributed by atoms with van der Waals surface area (Å²) in [7, 11) is 0. The molecule has 9 nitrogen and oxygen atoms in total. The number of aromatic nitrogens is 2. The molecule has 4 N–H and O–H groups in total. The zero-order valence-corrected chi connectivity index (χ0v) is 23.0. The number of hydrogen-bond acceptors (Lipinski definition) is 8. The number of para-hydroxylation sites is 1. The molecule has 1 amide bonds. The molecule has 0 radical (unpaired) electrons. The number of anilines is 3. The third kappa shape index (κ3) is 5.69. The van der Waals surface area contributed by atoms with Crippen molar-refractivity contribution in [2.45, 2.75) is 51.9 Å². The molecule has 9 heteroatoms. The molecule has 1 aromatic heterocycles. The quantitative estimate of drug-likeness (QED) is 0.428. The first-order valence-corrected chi connectivity index (χ1v) is 13.7. The lowest BCUT2D eigenvalue weighted by Gasteiger charge is -2.43. The molecule has 0 saturated carbocycles. The predicted molar refractivity (Wildman–Crippen MR) is 155 cm³/mol. The van der Waals surface area contributed by atoms with Crippen LogP contribution in [0, 0.1) is 20.8 Å². The maximum Gasteiger partial charge on any atom is 0.241 e. The van der Waals surface area contributed by atoms with Crippen molar-refractivity contribution in [3.8, 4) is 0 Å². The summed E-state index contributed by atoms with van der Waals surface area (Å²) in [6.45, 7) is 9.67. The number of nitrogens with two attached hydrogens (primary N) is 1. The second-order valence-electron chi connectivity index (χ2n) is 10.7. The van der Waals surface area contributed by atoms with Crippen molar-refractivity contribution < 1.29 is 9.90 Å². The van der Waals surface area contributed by atoms with Crippen LogP contribution in [0.3, 0.4) is 0 Å². The van der Waals surface area contributed by atoms with Crippen LogP contribution in [0.1, 0.15) is 41.3 Å². The van der Waals surface area contributed by atoms with Gasteiger partial charge in [-0.15, -0.1) is 0 Å². The van der Waals surface area contributed by atoms with Crippen LogP contribution in [0.5, 0.6) is 0 Å². The number of nitrogens with zero attached hydrogens (tertiary/aromatic N) is 5. The number of primary amides is 1. The van der Waals surface area contributed by atoms with Crippen LogP contribution in [0.25, 0.3) is 0 Å². The summed E-state index contributed by atoms with van der Waals surface area (Å²) < 4.78 is 0. The first-order valence-electron chi connectivity index (χ1n) is 13.7. The Labute approximate surface area is 230 Å². The zero-order valence-electron chi connectivity index (χ0n) is 23.0. The van der Waals surface area contributed by atoms with Crippen LogP contribution in [0.15, 0.2) is 55.0 Å². The van der Waals surface area contributed by atoms with E-state index in [9.17, 15) is 9.90 Å². The second kappa shape index (κ2) is 11.6. The smallest absolute Gasteiger partial charge is 0.241 e. The molecular formula is C30H39N7O2. The molecule has 5 rings (SSSR count). The molecule has 0 bridgehead atoms. The first kappa shape index (κ1) is 26.9. The average Bonchev–Trinajstić information content (AvgIpc) is 2.96. The van der Waals surface area contributed by atoms with Gasteiger partial charge in [-0.2, -0.15) is 0 Å². The number of carbonyl (C=O) groups excluding carboxylic acids is 1. The minimum absolute atomic E-state index is 0.330. The average molecular weight is 530 g/mol. The minimum atomic E-state index is -0.829. The van der Waals surface area contributed by atoms with Gasteiger partial charge in [-0.05, 0) is 62.4 Å². The molecule has 1 unspecified atom stereocenters. The summed E-state index contributed by atoms with van der Waals surface area (Å²) in [5.41, 5.74) is 12.1. The summed E-state index contributed by atoms with van der Waals surface area (Å²) in [5.74, 6) is 0.536. The fraction of sp³-hybridized carbons (Fsp3) is 0.433. The molecule has 39 heavy (non-hydrogen) atoms. The van der Waals surface area contributed by atoms with Gasteiger partial charge >= 0.3 is 0 Å². The van der Waals surface area contributed by atoms with E-state index in [0.29, 0.717) is 25.7 Å². The van der Waals surface area contributed by atoms with E-state index in [1.807, 2.05) is 53.3 Å². The van der Waals surface area contributed by atoms with Crippen LogP contribution in [-0.4, -0.2) is 70.7 Å². The van der Waals surface area contributed by atoms with E-state index in [2.05, 4.69) is 40.1 Å². The molecule has 2 saturated heterocycles. The molecule has 2 atom stereocenters. The monoisotopic (exact) mass is 529 g/mol. The van der Waals surface area contributed by atoms with E-state index in [1.54, 1.807) is 12.4 Å². The lowest BCUT2D eigenvalue weighted by atomic mass is 9.93. The number of benzene rings is 2. The summed E-state index contributed by atoms with van der Waals surface area (Å²) in [5, 5.41) is 15.4. The van der Waals surface area contributed by atoms with E-state index in [1.165, 1.54) is 5.56 Å². The van der Waals surface area contributed by atoms with E-state index in [4.69, 9.17) is 5.73 Å². The highest BCUT2D eigenvalue weighted by Crippen LogP contribution is 2.35. The molecule has 2 aromatic carbocycles. The van der Waals surface area contributed by atoms with Gasteiger partial charge in [0.15, 0.2) is 0 Å². The minimum Gasteiger partial charge on any atom is -0.382 e. The van der Waals surface area contributed by atoms with E-state index >= 15 is 0 Å². The number of rotatable bonds is 7. The molecule has 2 fully saturated rings. The lowest BCUT2D eigenvalue weighted by molar-refractivity contribution is -0.121. The van der Waals surface area contributed by atoms with Gasteiger partial charge in [-0.3, -0.25) is 14.7 Å². The normalized spacial score (nSPS) is 19.6. The van der Waals surface area contributed by atoms with Crippen LogP contribution >= 0.6 is 0 Å². The number of piperidine rings is 1. The van der Waals surface area contributed by atoms with Gasteiger partial charge in [0.05, 0.1) is 6.20 Å². The topological polar surface area (TPSA) is 111 Å². The summed E-state index contributed by atoms with van der Waals surface area (Å²) in [6, 6.07) is 11.8. The Morgan fingerprint density at radius 3 is 2.46 bits per heavy atom. The number of carbonyl (C=O) groups is 1. The summed E-state index contributed by atoms with van der Waals surface area (Å²) in [4.78, 5) is 27.4. The van der Waals surface area contributed by atoms with E-state index < -0.39 is 12.3 Å². The van der Waals surface area contributed by atoms with Gasteiger partial charge in [0.1, 0.15) is 18.1 Å². The molecule has 206 valence electrons. The fourth-order valence-corrected chi connectivity index (χ4v) is 6.11. The standard InChI is InChI=1S/C30H39N7O2/c1-20-17-21(2)28(34-23-9-13-35(14-10-23)26-18-32-11-12-33-26)22(3)27(20)30(39)36-15-16-37(25(19-36)29(31)38)24-7-5-4-6-8-24/h4-8,11-12,17-18,23,25,30,34,39H,9-10,13-16,19H2,1-3H3,(H2,31,38)/t25-,30?/m1/s1. The number of nitrogens with one attached hydrogen (secondary N) is 1. The van der Waals surface area contributed by atoms with Gasteiger partial charge < -0.3 is 26.0 Å². The second-order valence-corrected chi connectivity index (χ2v) is 10.7. The number of amides is 1. The van der Waals surface area contributed by atoms with Crippen molar-refractivity contribution in [3.63, 3.8) is 0 Å². The van der Waals surface area contributed by atoms with Gasteiger partial charge in [0.2, 0.25) is 5.91 Å². The van der Waals surface area contributed by atoms with Crippen molar-refractivity contribution in [2.75, 3.05) is 47.8 Å². The van der Waals surface area contributed by atoms with Crippen molar-refractivity contribution >= 4 is 23.1 Å². The largest absolute Gasteiger partial charge is 0.382 e. The molecular weight excluding hydrogens is 490 g/mol. The lowest BCUT2D eigenvalue weighted by Crippen LogP contribution is -2.59. The zero-order chi connectivity index (χ0) is 27.5. The third-order valence-electron chi connectivity index (χ3n) is 8.18. The van der Waals surface area contributed by atoms with E-state index in [0.717, 1.165) is 59.8 Å². The number of hydrogen-bond donors (Lipinski definition) is 3. The van der Waals surface area contributed by atoms with Gasteiger partial charge in [-0.25, -0.2) is 4.98 Å². The Bertz CT molecular complexity index is 1280. The van der Waals surface area contributed by atoms with Gasteiger partial charge in [0, 0.05) is 68.1 Å².